The zero-order valence-electron chi connectivity index (χ0n) is 20.2. The zero-order valence-corrected chi connectivity index (χ0v) is 21.8. The summed E-state index contributed by atoms with van der Waals surface area (Å²) < 4.78 is 88.6. The van der Waals surface area contributed by atoms with Crippen LogP contribution in [-0.4, -0.2) is 35.1 Å². The van der Waals surface area contributed by atoms with Crippen molar-refractivity contribution >= 4 is 31.3 Å². The highest BCUT2D eigenvalue weighted by Gasteiger charge is 2.65. The molecule has 5 rings (SSSR count). The van der Waals surface area contributed by atoms with Crippen LogP contribution in [0.5, 0.6) is 0 Å². The minimum absolute atomic E-state index is 0.128. The molecule has 0 amide bonds. The summed E-state index contributed by atoms with van der Waals surface area (Å²) in [6.45, 7) is 1.83. The van der Waals surface area contributed by atoms with E-state index >= 15 is 0 Å². The first-order valence-corrected chi connectivity index (χ1v) is 15.3. The number of nitrogens with zero attached hydrogens (tertiary/aromatic N) is 4. The van der Waals surface area contributed by atoms with Gasteiger partial charge in [0.2, 0.25) is 0 Å². The molecular weight excluding hydrogens is 547 g/mol. The quantitative estimate of drug-likeness (QED) is 0.232. The molecule has 2 heterocycles. The largest absolute Gasteiger partial charge is 0.382 e. The number of nitrogens with one attached hydrogen (secondary N) is 2. The van der Waals surface area contributed by atoms with E-state index in [9.17, 15) is 23.6 Å². The van der Waals surface area contributed by atoms with Gasteiger partial charge < -0.3 is 5.32 Å². The molecule has 14 heteroatoms. The summed E-state index contributed by atoms with van der Waals surface area (Å²) in [6.07, 6.45) is 5.49. The molecule has 4 aromatic rings. The van der Waals surface area contributed by atoms with Crippen molar-refractivity contribution in [1.29, 1.82) is 4.78 Å². The zero-order chi connectivity index (χ0) is 27.4. The summed E-state index contributed by atoms with van der Waals surface area (Å²) in [7, 11) is -12.8. The molecule has 2 aromatic carbocycles. The van der Waals surface area contributed by atoms with Crippen molar-refractivity contribution in [2.45, 2.75) is 53.7 Å². The fourth-order valence-electron chi connectivity index (χ4n) is 4.67. The van der Waals surface area contributed by atoms with Gasteiger partial charge in [0.25, 0.3) is 0 Å². The fourth-order valence-corrected chi connectivity index (χ4v) is 7.18. The maximum absolute atomic E-state index is 13.5. The van der Waals surface area contributed by atoms with Crippen LogP contribution in [0.2, 0.25) is 0 Å². The molecule has 0 spiro atoms. The molecule has 7 nitrogen and oxygen atoms in total. The highest BCUT2D eigenvalue weighted by Crippen LogP contribution is 3.02. The van der Waals surface area contributed by atoms with Gasteiger partial charge in [0.05, 0.1) is 21.6 Å². The highest BCUT2D eigenvalue weighted by molar-refractivity contribution is 8.45. The predicted octanol–water partition coefficient (Wildman–Crippen LogP) is 7.59. The standard InChI is InChI=1S/C24H25F5N6OS2/c1-16-33-34-24-14-31-23(15-35(16)24)17-2-8-20(9-3-17)37(30,36)21-10-4-18(5-11-21)32-19-6-12-22(13-7-19)38(25,26,27,28)29/h2-3,6-9,12-15,18,21,30,32H,4-5,10-11H2,1H3. The van der Waals surface area contributed by atoms with Crippen LogP contribution >= 0.6 is 10.2 Å². The first-order chi connectivity index (χ1) is 17.6. The van der Waals surface area contributed by atoms with Gasteiger partial charge in [-0.25, -0.2) is 8.99 Å². The van der Waals surface area contributed by atoms with Crippen molar-refractivity contribution in [2.24, 2.45) is 0 Å². The lowest BCUT2D eigenvalue weighted by atomic mass is 9.95. The van der Waals surface area contributed by atoms with Crippen molar-refractivity contribution in [3.63, 3.8) is 0 Å². The third kappa shape index (κ3) is 5.32. The van der Waals surface area contributed by atoms with Crippen LogP contribution in [0.1, 0.15) is 31.5 Å². The monoisotopic (exact) mass is 572 g/mol. The van der Waals surface area contributed by atoms with Crippen molar-refractivity contribution in [3.8, 4) is 11.3 Å². The van der Waals surface area contributed by atoms with E-state index in [1.54, 1.807) is 30.5 Å². The van der Waals surface area contributed by atoms with E-state index in [1.165, 1.54) is 0 Å². The van der Waals surface area contributed by atoms with Crippen LogP contribution in [0.25, 0.3) is 16.9 Å². The first-order valence-electron chi connectivity index (χ1n) is 11.8. The summed E-state index contributed by atoms with van der Waals surface area (Å²) in [4.78, 5) is 2.89. The van der Waals surface area contributed by atoms with E-state index in [0.29, 0.717) is 59.7 Å². The van der Waals surface area contributed by atoms with Crippen LogP contribution in [0.15, 0.2) is 70.7 Å². The average Bonchev–Trinajstić information content (AvgIpc) is 3.23. The lowest BCUT2D eigenvalue weighted by molar-refractivity contribution is 0.364. The number of benzene rings is 2. The molecule has 1 unspecified atom stereocenters. The average molecular weight is 573 g/mol. The molecule has 2 N–H and O–H groups in total. The molecule has 0 aliphatic heterocycles. The van der Waals surface area contributed by atoms with E-state index in [2.05, 4.69) is 20.5 Å². The van der Waals surface area contributed by atoms with Crippen molar-refractivity contribution in [1.82, 2.24) is 19.6 Å². The van der Waals surface area contributed by atoms with Crippen LogP contribution in [0.3, 0.4) is 0 Å². The maximum Gasteiger partial charge on any atom is 0.310 e. The Morgan fingerprint density at radius 1 is 0.947 bits per heavy atom. The summed E-state index contributed by atoms with van der Waals surface area (Å²) >= 11 is 0. The fraction of sp³-hybridized carbons (Fsp3) is 0.292. The minimum Gasteiger partial charge on any atom is -0.382 e. The van der Waals surface area contributed by atoms with Gasteiger partial charge >= 0.3 is 10.2 Å². The van der Waals surface area contributed by atoms with Gasteiger partial charge in [-0.2, -0.15) is 0 Å². The Morgan fingerprint density at radius 2 is 1.58 bits per heavy atom. The Hall–Kier alpha value is -3.26. The van der Waals surface area contributed by atoms with E-state index < -0.39 is 24.8 Å². The van der Waals surface area contributed by atoms with Crippen molar-refractivity contribution in [2.75, 3.05) is 5.32 Å². The molecule has 38 heavy (non-hydrogen) atoms. The second-order valence-electron chi connectivity index (χ2n) is 9.48. The Morgan fingerprint density at radius 3 is 2.18 bits per heavy atom. The van der Waals surface area contributed by atoms with Gasteiger partial charge in [0.15, 0.2) is 5.65 Å². The van der Waals surface area contributed by atoms with Gasteiger partial charge in [-0.3, -0.25) is 9.38 Å². The Bertz CT molecular complexity index is 1600. The number of hydrogen-bond acceptors (Lipinski definition) is 6. The molecule has 1 saturated carbocycles. The lowest BCUT2D eigenvalue weighted by Crippen LogP contribution is -2.32. The normalized spacial score (nSPS) is 21.8. The van der Waals surface area contributed by atoms with Crippen LogP contribution in [0.4, 0.5) is 25.1 Å². The van der Waals surface area contributed by atoms with Crippen LogP contribution in [-0.2, 0) is 9.73 Å². The number of aromatic nitrogens is 4. The van der Waals surface area contributed by atoms with Crippen molar-refractivity contribution < 1.29 is 23.6 Å². The van der Waals surface area contributed by atoms with Gasteiger partial charge in [-0.15, -0.1) is 10.2 Å². The second-order valence-corrected chi connectivity index (χ2v) is 14.2. The Kier molecular flexibility index (Phi) is 5.80. The molecule has 0 radical (unpaired) electrons. The van der Waals surface area contributed by atoms with Crippen molar-refractivity contribution in [3.05, 3.63) is 66.7 Å². The molecule has 1 aliphatic rings. The van der Waals surface area contributed by atoms with Crippen LogP contribution in [0, 0.1) is 11.7 Å². The number of anilines is 1. The molecule has 0 bridgehead atoms. The Labute approximate surface area is 216 Å². The van der Waals surface area contributed by atoms with Gasteiger partial charge in [0.1, 0.15) is 10.7 Å². The predicted molar refractivity (Wildman–Crippen MR) is 138 cm³/mol. The molecule has 0 saturated heterocycles. The number of halogens is 5. The smallest absolute Gasteiger partial charge is 0.310 e. The molecule has 1 atom stereocenters. The molecular formula is C24H25F5N6OS2. The van der Waals surface area contributed by atoms with E-state index in [4.69, 9.17) is 4.78 Å². The van der Waals surface area contributed by atoms with Crippen LogP contribution < -0.4 is 5.32 Å². The number of hydrogen-bond donors (Lipinski definition) is 2. The first kappa shape index (κ1) is 26.4. The second kappa shape index (κ2) is 8.37. The summed E-state index contributed by atoms with van der Waals surface area (Å²) in [5.74, 6) is 0.723. The van der Waals surface area contributed by atoms with Gasteiger partial charge in [-0.05, 0) is 69.0 Å². The van der Waals surface area contributed by atoms with E-state index in [1.807, 2.05) is 17.5 Å². The minimum atomic E-state index is -9.70. The third-order valence-corrected chi connectivity index (χ3v) is 10.3. The molecule has 204 valence electrons. The van der Waals surface area contributed by atoms with Gasteiger partial charge in [0, 0.05) is 33.6 Å². The molecule has 1 fully saturated rings. The summed E-state index contributed by atoms with van der Waals surface area (Å²) in [6, 6.07) is 9.55. The Balaban J connectivity index is 1.23. The summed E-state index contributed by atoms with van der Waals surface area (Å²) in [5, 5.41) is 10.7. The molecule has 1 aliphatic carbocycles. The molecule has 2 aromatic heterocycles. The maximum atomic E-state index is 13.5. The van der Waals surface area contributed by atoms with E-state index in [-0.39, 0.29) is 11.3 Å². The summed E-state index contributed by atoms with van der Waals surface area (Å²) in [5.41, 5.74) is 2.41. The third-order valence-electron chi connectivity index (χ3n) is 6.78. The number of aryl methyl sites for hydroxylation is 1. The SMILES string of the molecule is Cc1nnc2cnc(-c3ccc(S(=N)(=O)C4CCC(Nc5ccc(S(F)(F)(F)(F)F)cc5)CC4)cc3)cn12. The number of rotatable bonds is 6. The van der Waals surface area contributed by atoms with E-state index in [0.717, 1.165) is 23.5 Å². The highest BCUT2D eigenvalue weighted by atomic mass is 32.5. The number of fused-ring (bicyclic) bond motifs is 1. The van der Waals surface area contributed by atoms with Gasteiger partial charge in [-0.1, -0.05) is 31.6 Å². The lowest BCUT2D eigenvalue weighted by Gasteiger charge is -2.40. The topological polar surface area (TPSA) is 96.0 Å².